The van der Waals surface area contributed by atoms with E-state index in [2.05, 4.69) is 10.2 Å². The van der Waals surface area contributed by atoms with E-state index in [0.717, 1.165) is 24.1 Å². The molecule has 2 rings (SSSR count). The Morgan fingerprint density at radius 2 is 2.41 bits per heavy atom. The van der Waals surface area contributed by atoms with Crippen molar-refractivity contribution in [1.82, 2.24) is 10.2 Å². The molecular weight excluding hydrogens is 220 g/mol. The number of fused-ring (bicyclic) bond motifs is 1. The molecule has 0 spiro atoms. The average Bonchev–Trinajstić information content (AvgIpc) is 2.75. The minimum atomic E-state index is -0.421. The molecule has 1 aliphatic rings. The highest BCUT2D eigenvalue weighted by Crippen LogP contribution is 2.25. The molecule has 0 amide bonds. The Hall–Kier alpha value is -1.65. The molecule has 0 fully saturated rings. The first-order valence-corrected chi connectivity index (χ1v) is 5.90. The number of aryl methyl sites for hydroxylation is 1. The SMILES string of the molecule is CCOC(=O)CC(=O)C1CCc2[nH]ncc2C1. The first-order chi connectivity index (χ1) is 8.20. The topological polar surface area (TPSA) is 72.1 Å². The van der Waals surface area contributed by atoms with Gasteiger partial charge < -0.3 is 4.74 Å². The van der Waals surface area contributed by atoms with Crippen LogP contribution in [0.4, 0.5) is 0 Å². The predicted octanol–water partition coefficient (Wildman–Crippen LogP) is 1.04. The second-order valence-corrected chi connectivity index (χ2v) is 4.26. The highest BCUT2D eigenvalue weighted by atomic mass is 16.5. The number of esters is 1. The number of carbonyl (C=O) groups excluding carboxylic acids is 2. The fourth-order valence-corrected chi connectivity index (χ4v) is 2.19. The third-order valence-electron chi connectivity index (χ3n) is 3.10. The van der Waals surface area contributed by atoms with Gasteiger partial charge in [0.1, 0.15) is 12.2 Å². The molecule has 1 unspecified atom stereocenters. The van der Waals surface area contributed by atoms with Crippen molar-refractivity contribution in [2.45, 2.75) is 32.6 Å². The summed E-state index contributed by atoms with van der Waals surface area (Å²) in [5.41, 5.74) is 2.21. The van der Waals surface area contributed by atoms with Gasteiger partial charge in [-0.1, -0.05) is 0 Å². The largest absolute Gasteiger partial charge is 0.466 e. The van der Waals surface area contributed by atoms with Crippen LogP contribution in [0.3, 0.4) is 0 Å². The Morgan fingerprint density at radius 1 is 1.59 bits per heavy atom. The van der Waals surface area contributed by atoms with Gasteiger partial charge in [-0.15, -0.1) is 0 Å². The van der Waals surface area contributed by atoms with Crippen LogP contribution in [0.2, 0.25) is 0 Å². The van der Waals surface area contributed by atoms with Crippen molar-refractivity contribution >= 4 is 11.8 Å². The maximum absolute atomic E-state index is 11.9. The van der Waals surface area contributed by atoms with Gasteiger partial charge in [0.25, 0.3) is 0 Å². The quantitative estimate of drug-likeness (QED) is 0.626. The van der Waals surface area contributed by atoms with Crippen LogP contribution < -0.4 is 0 Å². The average molecular weight is 236 g/mol. The number of rotatable bonds is 4. The molecule has 17 heavy (non-hydrogen) atoms. The molecule has 1 N–H and O–H groups in total. The van der Waals surface area contributed by atoms with Gasteiger partial charge in [0.15, 0.2) is 0 Å². The van der Waals surface area contributed by atoms with Crippen LogP contribution >= 0.6 is 0 Å². The summed E-state index contributed by atoms with van der Waals surface area (Å²) >= 11 is 0. The van der Waals surface area contributed by atoms with Crippen molar-refractivity contribution in [3.63, 3.8) is 0 Å². The lowest BCUT2D eigenvalue weighted by atomic mass is 9.84. The Bertz CT molecular complexity index is 425. The summed E-state index contributed by atoms with van der Waals surface area (Å²) in [6.45, 7) is 2.06. The lowest BCUT2D eigenvalue weighted by molar-refractivity contribution is -0.146. The first-order valence-electron chi connectivity index (χ1n) is 5.90. The molecule has 0 aliphatic heterocycles. The van der Waals surface area contributed by atoms with Gasteiger partial charge in [0.05, 0.1) is 12.8 Å². The molecule has 5 heteroatoms. The molecule has 0 radical (unpaired) electrons. The molecule has 0 aromatic carbocycles. The highest BCUT2D eigenvalue weighted by molar-refractivity contribution is 5.97. The van der Waals surface area contributed by atoms with Crippen molar-refractivity contribution < 1.29 is 14.3 Å². The van der Waals surface area contributed by atoms with E-state index in [9.17, 15) is 9.59 Å². The Labute approximate surface area is 99.5 Å². The maximum atomic E-state index is 11.9. The molecule has 0 bridgehead atoms. The van der Waals surface area contributed by atoms with E-state index in [0.29, 0.717) is 13.0 Å². The van der Waals surface area contributed by atoms with Gasteiger partial charge >= 0.3 is 5.97 Å². The zero-order valence-corrected chi connectivity index (χ0v) is 9.86. The Kier molecular flexibility index (Phi) is 3.56. The highest BCUT2D eigenvalue weighted by Gasteiger charge is 2.27. The van der Waals surface area contributed by atoms with Crippen molar-refractivity contribution in [2.24, 2.45) is 5.92 Å². The first kappa shape index (κ1) is 11.8. The van der Waals surface area contributed by atoms with Gasteiger partial charge in [-0.25, -0.2) is 0 Å². The third-order valence-corrected chi connectivity index (χ3v) is 3.10. The van der Waals surface area contributed by atoms with Crippen LogP contribution in [-0.2, 0) is 27.2 Å². The number of hydrogen-bond donors (Lipinski definition) is 1. The number of nitrogens with zero attached hydrogens (tertiary/aromatic N) is 1. The number of Topliss-reactive ketones (excluding diaryl/α,β-unsaturated/α-hetero) is 1. The van der Waals surface area contributed by atoms with Crippen LogP contribution in [0, 0.1) is 5.92 Å². The molecule has 1 heterocycles. The normalized spacial score (nSPS) is 18.5. The van der Waals surface area contributed by atoms with Crippen LogP contribution in [0.1, 0.15) is 31.0 Å². The summed E-state index contributed by atoms with van der Waals surface area (Å²) in [4.78, 5) is 23.1. The summed E-state index contributed by atoms with van der Waals surface area (Å²) < 4.78 is 4.78. The lowest BCUT2D eigenvalue weighted by Gasteiger charge is -2.19. The van der Waals surface area contributed by atoms with Gasteiger partial charge in [-0.2, -0.15) is 5.10 Å². The molecule has 1 atom stereocenters. The number of aromatic amines is 1. The van der Waals surface area contributed by atoms with E-state index in [1.54, 1.807) is 13.1 Å². The van der Waals surface area contributed by atoms with E-state index in [-0.39, 0.29) is 18.1 Å². The zero-order chi connectivity index (χ0) is 12.3. The summed E-state index contributed by atoms with van der Waals surface area (Å²) in [5, 5.41) is 6.89. The molecule has 5 nitrogen and oxygen atoms in total. The number of aromatic nitrogens is 2. The van der Waals surface area contributed by atoms with Gasteiger partial charge in [-0.3, -0.25) is 14.7 Å². The van der Waals surface area contributed by atoms with E-state index >= 15 is 0 Å². The van der Waals surface area contributed by atoms with Crippen molar-refractivity contribution in [2.75, 3.05) is 6.61 Å². The maximum Gasteiger partial charge on any atom is 0.313 e. The molecular formula is C12H16N2O3. The molecule has 1 aromatic rings. The number of ether oxygens (including phenoxy) is 1. The van der Waals surface area contributed by atoms with E-state index in [1.165, 1.54) is 0 Å². The number of hydrogen-bond acceptors (Lipinski definition) is 4. The van der Waals surface area contributed by atoms with Crippen molar-refractivity contribution in [1.29, 1.82) is 0 Å². The molecule has 1 aromatic heterocycles. The summed E-state index contributed by atoms with van der Waals surface area (Å²) in [6.07, 6.45) is 3.96. The van der Waals surface area contributed by atoms with Gasteiger partial charge in [0.2, 0.25) is 0 Å². The Morgan fingerprint density at radius 3 is 3.18 bits per heavy atom. The van der Waals surface area contributed by atoms with Crippen LogP contribution in [0.5, 0.6) is 0 Å². The fourth-order valence-electron chi connectivity index (χ4n) is 2.19. The fraction of sp³-hybridized carbons (Fsp3) is 0.583. The second-order valence-electron chi connectivity index (χ2n) is 4.26. The number of nitrogens with one attached hydrogen (secondary N) is 1. The molecule has 92 valence electrons. The van der Waals surface area contributed by atoms with Crippen molar-refractivity contribution in [3.8, 4) is 0 Å². The van der Waals surface area contributed by atoms with Crippen LogP contribution in [0.15, 0.2) is 6.20 Å². The second kappa shape index (κ2) is 5.12. The predicted molar refractivity (Wildman–Crippen MR) is 60.4 cm³/mol. The summed E-state index contributed by atoms with van der Waals surface area (Å²) in [5.74, 6) is -0.504. The van der Waals surface area contributed by atoms with Crippen LogP contribution in [0.25, 0.3) is 0 Å². The summed E-state index contributed by atoms with van der Waals surface area (Å²) in [7, 11) is 0. The number of carbonyl (C=O) groups is 2. The number of H-pyrrole nitrogens is 1. The van der Waals surface area contributed by atoms with E-state index in [1.807, 2.05) is 0 Å². The van der Waals surface area contributed by atoms with Gasteiger partial charge in [-0.05, 0) is 31.7 Å². The lowest BCUT2D eigenvalue weighted by Crippen LogP contribution is -2.25. The third kappa shape index (κ3) is 2.72. The standard InChI is InChI=1S/C12H16N2O3/c1-2-17-12(16)6-11(15)8-3-4-10-9(5-8)7-13-14-10/h7-8H,2-6H2,1H3,(H,13,14). The minimum absolute atomic E-state index is 0.0182. The molecule has 0 saturated carbocycles. The minimum Gasteiger partial charge on any atom is -0.466 e. The van der Waals surface area contributed by atoms with Gasteiger partial charge in [0, 0.05) is 11.6 Å². The molecule has 0 saturated heterocycles. The smallest absolute Gasteiger partial charge is 0.313 e. The monoisotopic (exact) mass is 236 g/mol. The van der Waals surface area contributed by atoms with E-state index < -0.39 is 5.97 Å². The van der Waals surface area contributed by atoms with E-state index in [4.69, 9.17) is 4.74 Å². The van der Waals surface area contributed by atoms with Crippen LogP contribution in [-0.4, -0.2) is 28.6 Å². The Balaban J connectivity index is 1.92. The summed E-state index contributed by atoms with van der Waals surface area (Å²) in [6, 6.07) is 0. The molecule has 1 aliphatic carbocycles. The van der Waals surface area contributed by atoms with Crippen molar-refractivity contribution in [3.05, 3.63) is 17.5 Å². The zero-order valence-electron chi connectivity index (χ0n) is 9.86. The number of ketones is 1.